The highest BCUT2D eigenvalue weighted by Gasteiger charge is 2.32. The standard InChI is InChI=1S/C41H47NO19/c1-24(2)39(54)58-22-30(60-37(52)16-33(44)45)20-56-28-10-6-26(7-11-28)41(5,15-14-32(43)42(18-35(48)49)19-36(50)51)27-8-12-29(13-9-27)57-21-31(23-59-40(55)25(3)4)61-38(53)17-34(46)47/h6-13,30-31H,1,3,14-23H2,2,4-5H3,(H,44,45)(H,46,47)(H,48,49)(H,50,51). The molecular weight excluding hydrogens is 810 g/mol. The van der Waals surface area contributed by atoms with Crippen LogP contribution in [0.3, 0.4) is 0 Å². The lowest BCUT2D eigenvalue weighted by Gasteiger charge is -2.32. The number of nitrogens with zero attached hydrogens (tertiary/aromatic N) is 1. The van der Waals surface area contributed by atoms with Crippen LogP contribution in [0.25, 0.3) is 0 Å². The molecule has 4 N–H and O–H groups in total. The van der Waals surface area contributed by atoms with E-state index < -0.39 is 110 Å². The number of hydrogen-bond acceptors (Lipinski definition) is 15. The van der Waals surface area contributed by atoms with Crippen LogP contribution in [0, 0.1) is 0 Å². The van der Waals surface area contributed by atoms with Gasteiger partial charge in [-0.1, -0.05) is 44.3 Å². The fraction of sp³-hybridized carbons (Fsp3) is 0.390. The highest BCUT2D eigenvalue weighted by Crippen LogP contribution is 2.38. The summed E-state index contributed by atoms with van der Waals surface area (Å²) in [6.07, 6.45) is -4.58. The third-order valence-corrected chi connectivity index (χ3v) is 8.38. The van der Waals surface area contributed by atoms with E-state index in [9.17, 15) is 53.4 Å². The topological polar surface area (TPSA) is 293 Å². The third-order valence-electron chi connectivity index (χ3n) is 8.38. The fourth-order valence-corrected chi connectivity index (χ4v) is 5.26. The Morgan fingerprint density at radius 1 is 0.590 bits per heavy atom. The average molecular weight is 858 g/mol. The fourth-order valence-electron chi connectivity index (χ4n) is 5.26. The normalized spacial score (nSPS) is 12.5. The maximum Gasteiger partial charge on any atom is 0.333 e. The first-order chi connectivity index (χ1) is 28.6. The Balaban J connectivity index is 2.41. The van der Waals surface area contributed by atoms with Crippen LogP contribution in [-0.4, -0.2) is 131 Å². The van der Waals surface area contributed by atoms with Gasteiger partial charge in [-0.3, -0.25) is 33.6 Å². The molecule has 2 aromatic rings. The molecule has 0 aliphatic heterocycles. The van der Waals surface area contributed by atoms with E-state index in [-0.39, 0.29) is 48.7 Å². The first-order valence-corrected chi connectivity index (χ1v) is 18.2. The summed E-state index contributed by atoms with van der Waals surface area (Å²) in [5.74, 6) is -9.73. The van der Waals surface area contributed by atoms with E-state index in [1.165, 1.54) is 38.1 Å². The largest absolute Gasteiger partial charge is 0.490 e. The third kappa shape index (κ3) is 18.1. The van der Waals surface area contributed by atoms with Crippen LogP contribution in [-0.2, 0) is 67.5 Å². The van der Waals surface area contributed by atoms with E-state index in [1.54, 1.807) is 31.2 Å². The second-order valence-corrected chi connectivity index (χ2v) is 13.7. The molecule has 0 saturated carbocycles. The van der Waals surface area contributed by atoms with Gasteiger partial charge >= 0.3 is 47.8 Å². The van der Waals surface area contributed by atoms with Crippen LogP contribution >= 0.6 is 0 Å². The van der Waals surface area contributed by atoms with Gasteiger partial charge in [-0.15, -0.1) is 0 Å². The second-order valence-electron chi connectivity index (χ2n) is 13.7. The minimum absolute atomic E-state index is 0.0212. The van der Waals surface area contributed by atoms with Crippen molar-refractivity contribution in [1.29, 1.82) is 0 Å². The molecule has 1 amide bonds. The van der Waals surface area contributed by atoms with Crippen LogP contribution in [0.5, 0.6) is 11.5 Å². The minimum atomic E-state index is -1.44. The quantitative estimate of drug-likeness (QED) is 0.0434. The van der Waals surface area contributed by atoms with Crippen molar-refractivity contribution in [2.45, 2.75) is 64.1 Å². The zero-order chi connectivity index (χ0) is 45.9. The second kappa shape index (κ2) is 24.0. The Morgan fingerprint density at radius 2 is 0.951 bits per heavy atom. The van der Waals surface area contributed by atoms with Crippen LogP contribution in [0.2, 0.25) is 0 Å². The maximum absolute atomic E-state index is 13.2. The monoisotopic (exact) mass is 857 g/mol. The summed E-state index contributed by atoms with van der Waals surface area (Å²) in [7, 11) is 0. The van der Waals surface area contributed by atoms with Gasteiger partial charge in [-0.2, -0.15) is 0 Å². The molecule has 20 heteroatoms. The van der Waals surface area contributed by atoms with E-state index in [0.29, 0.717) is 16.0 Å². The van der Waals surface area contributed by atoms with E-state index in [4.69, 9.17) is 38.6 Å². The summed E-state index contributed by atoms with van der Waals surface area (Å²) in [5.41, 5.74) is 0.283. The molecule has 0 aromatic heterocycles. The zero-order valence-corrected chi connectivity index (χ0v) is 33.6. The van der Waals surface area contributed by atoms with Crippen molar-refractivity contribution in [2.24, 2.45) is 0 Å². The number of aliphatic carboxylic acids is 4. The Labute approximate surface area is 349 Å². The highest BCUT2D eigenvalue weighted by molar-refractivity contribution is 5.91. The van der Waals surface area contributed by atoms with E-state index in [0.717, 1.165) is 0 Å². The minimum Gasteiger partial charge on any atom is -0.490 e. The number of carboxylic acids is 4. The van der Waals surface area contributed by atoms with E-state index >= 15 is 0 Å². The molecule has 0 bridgehead atoms. The summed E-state index contributed by atoms with van der Waals surface area (Å²) in [6, 6.07) is 12.7. The summed E-state index contributed by atoms with van der Waals surface area (Å²) >= 11 is 0. The number of esters is 4. The van der Waals surface area contributed by atoms with Crippen molar-refractivity contribution in [1.82, 2.24) is 4.90 Å². The SMILES string of the molecule is C=C(C)C(=O)OCC(COc1ccc(C(C)(CCC(=O)N(CC(=O)O)CC(=O)O)c2ccc(OCC(COC(=O)C(=C)C)OC(=O)CC(=O)O)cc2)cc1)OC(=O)CC(=O)O. The first kappa shape index (κ1) is 49.9. The number of rotatable bonds is 27. The van der Waals surface area contributed by atoms with Crippen molar-refractivity contribution in [2.75, 3.05) is 39.5 Å². The molecule has 61 heavy (non-hydrogen) atoms. The highest BCUT2D eigenvalue weighted by atomic mass is 16.6. The van der Waals surface area contributed by atoms with Crippen molar-refractivity contribution in [3.63, 3.8) is 0 Å². The van der Waals surface area contributed by atoms with Crippen LogP contribution < -0.4 is 9.47 Å². The summed E-state index contributed by atoms with van der Waals surface area (Å²) in [6.45, 7) is 8.15. The lowest BCUT2D eigenvalue weighted by Crippen LogP contribution is -2.40. The summed E-state index contributed by atoms with van der Waals surface area (Å²) in [4.78, 5) is 107. The van der Waals surface area contributed by atoms with Gasteiger partial charge < -0.3 is 53.7 Å². The number of ether oxygens (including phenoxy) is 6. The van der Waals surface area contributed by atoms with Crippen molar-refractivity contribution in [3.05, 3.63) is 84.0 Å². The molecule has 20 nitrogen and oxygen atoms in total. The predicted octanol–water partition coefficient (Wildman–Crippen LogP) is 2.54. The Morgan fingerprint density at radius 3 is 1.26 bits per heavy atom. The smallest absolute Gasteiger partial charge is 0.333 e. The van der Waals surface area contributed by atoms with Crippen molar-refractivity contribution in [3.8, 4) is 11.5 Å². The molecule has 330 valence electrons. The van der Waals surface area contributed by atoms with Gasteiger partial charge in [0.2, 0.25) is 5.91 Å². The molecule has 0 aliphatic carbocycles. The molecule has 2 atom stereocenters. The molecule has 0 heterocycles. The lowest BCUT2D eigenvalue weighted by molar-refractivity contribution is -0.163. The molecular formula is C41H47NO19. The van der Waals surface area contributed by atoms with Gasteiger partial charge in [-0.25, -0.2) is 9.59 Å². The van der Waals surface area contributed by atoms with Crippen molar-refractivity contribution < 1.29 is 92.0 Å². The van der Waals surface area contributed by atoms with Crippen LogP contribution in [0.4, 0.5) is 0 Å². The molecule has 0 fully saturated rings. The first-order valence-electron chi connectivity index (χ1n) is 18.2. The molecule has 0 spiro atoms. The molecule has 0 saturated heterocycles. The Bertz CT molecular complexity index is 1830. The molecule has 2 unspecified atom stereocenters. The predicted molar refractivity (Wildman–Crippen MR) is 207 cm³/mol. The summed E-state index contributed by atoms with van der Waals surface area (Å²) in [5, 5.41) is 36.5. The number of carboxylic acid groups (broad SMARTS) is 4. The van der Waals surface area contributed by atoms with Gasteiger partial charge in [0.15, 0.2) is 12.2 Å². The zero-order valence-electron chi connectivity index (χ0n) is 33.6. The summed E-state index contributed by atoms with van der Waals surface area (Å²) < 4.78 is 31.9. The Kier molecular flexibility index (Phi) is 19.6. The lowest BCUT2D eigenvalue weighted by atomic mass is 9.73. The molecule has 0 radical (unpaired) electrons. The van der Waals surface area contributed by atoms with Crippen LogP contribution in [0.1, 0.15) is 57.6 Å². The van der Waals surface area contributed by atoms with E-state index in [1.807, 2.05) is 0 Å². The van der Waals surface area contributed by atoms with Gasteiger partial charge in [0.1, 0.15) is 63.9 Å². The molecule has 2 aromatic carbocycles. The Hall–Kier alpha value is -7.25. The van der Waals surface area contributed by atoms with Gasteiger partial charge in [0.25, 0.3) is 0 Å². The molecule has 2 rings (SSSR count). The average Bonchev–Trinajstić information content (AvgIpc) is 3.17. The van der Waals surface area contributed by atoms with E-state index in [2.05, 4.69) is 13.2 Å². The number of hydrogen-bond donors (Lipinski definition) is 4. The van der Waals surface area contributed by atoms with Crippen molar-refractivity contribution >= 4 is 53.7 Å². The van der Waals surface area contributed by atoms with Gasteiger partial charge in [0.05, 0.1) is 0 Å². The maximum atomic E-state index is 13.2. The number of carbonyl (C=O) groups is 9. The number of amides is 1. The number of carbonyl (C=O) groups excluding carboxylic acids is 5. The van der Waals surface area contributed by atoms with Gasteiger partial charge in [-0.05, 0) is 55.7 Å². The van der Waals surface area contributed by atoms with Crippen LogP contribution in [0.15, 0.2) is 72.8 Å². The van der Waals surface area contributed by atoms with Gasteiger partial charge in [0, 0.05) is 23.0 Å². The number of benzene rings is 2. The molecule has 0 aliphatic rings.